The fraction of sp³-hybridized carbons (Fsp3) is 1.00. The van der Waals surface area contributed by atoms with Crippen LogP contribution < -0.4 is 5.73 Å². The number of hydrogen-bond donors (Lipinski definition) is 1. The fourth-order valence-corrected chi connectivity index (χ4v) is 2.71. The quantitative estimate of drug-likeness (QED) is 0.742. The largest absolute Gasteiger partial charge is 0.325 e. The van der Waals surface area contributed by atoms with Crippen LogP contribution in [0.5, 0.6) is 0 Å². The third-order valence-corrected chi connectivity index (χ3v) is 3.97. The molecule has 2 aliphatic carbocycles. The van der Waals surface area contributed by atoms with Crippen LogP contribution in [0, 0.1) is 5.92 Å². The molecule has 0 bridgehead atoms. The fourth-order valence-electron chi connectivity index (χ4n) is 2.71. The van der Waals surface area contributed by atoms with Gasteiger partial charge in [0.2, 0.25) is 0 Å². The van der Waals surface area contributed by atoms with E-state index in [0.717, 1.165) is 32.1 Å². The van der Waals surface area contributed by atoms with E-state index in [0.29, 0.717) is 5.92 Å². The molecule has 2 saturated carbocycles. The van der Waals surface area contributed by atoms with Crippen LogP contribution in [0.3, 0.4) is 0 Å². The van der Waals surface area contributed by atoms with Gasteiger partial charge in [0.05, 0.1) is 0 Å². The van der Waals surface area contributed by atoms with Crippen LogP contribution in [-0.4, -0.2) is 11.2 Å². The van der Waals surface area contributed by atoms with Gasteiger partial charge in [-0.3, -0.25) is 0 Å². The number of hydrogen-bond acceptors (Lipinski definition) is 1. The van der Waals surface area contributed by atoms with Crippen molar-refractivity contribution in [1.29, 1.82) is 0 Å². The molecule has 2 N–H and O–H groups in total. The highest BCUT2D eigenvalue weighted by molar-refractivity contribution is 4.99. The van der Waals surface area contributed by atoms with E-state index in [1.165, 1.54) is 19.3 Å². The van der Waals surface area contributed by atoms with E-state index in [1.54, 1.807) is 6.92 Å². The Morgan fingerprint density at radius 3 is 2.64 bits per heavy atom. The first-order chi connectivity index (χ1) is 6.49. The predicted octanol–water partition coefficient (Wildman–Crippen LogP) is 3.18. The summed E-state index contributed by atoms with van der Waals surface area (Å²) in [5.74, 6) is 0.597. The summed E-state index contributed by atoms with van der Waals surface area (Å²) in [7, 11) is 0. The van der Waals surface area contributed by atoms with Crippen molar-refractivity contribution < 1.29 is 4.39 Å². The molecule has 2 atom stereocenters. The van der Waals surface area contributed by atoms with Gasteiger partial charge in [0.25, 0.3) is 0 Å². The van der Waals surface area contributed by atoms with E-state index >= 15 is 0 Å². The SMILES string of the molecule is CC1(F)CCCC(CCC2(N)CC2)C1. The van der Waals surface area contributed by atoms with Crippen molar-refractivity contribution >= 4 is 0 Å². The average molecular weight is 199 g/mol. The van der Waals surface area contributed by atoms with Crippen molar-refractivity contribution in [3.8, 4) is 0 Å². The monoisotopic (exact) mass is 199 g/mol. The summed E-state index contributed by atoms with van der Waals surface area (Å²) >= 11 is 0. The third-order valence-electron chi connectivity index (χ3n) is 3.97. The Balaban J connectivity index is 1.75. The Kier molecular flexibility index (Phi) is 2.59. The van der Waals surface area contributed by atoms with Gasteiger partial charge in [-0.05, 0) is 51.4 Å². The summed E-state index contributed by atoms with van der Waals surface area (Å²) in [5, 5.41) is 0. The molecular formula is C12H22FN. The molecule has 0 aliphatic heterocycles. The lowest BCUT2D eigenvalue weighted by Crippen LogP contribution is -2.29. The molecule has 2 rings (SSSR count). The van der Waals surface area contributed by atoms with E-state index in [-0.39, 0.29) is 5.54 Å². The molecule has 0 spiro atoms. The van der Waals surface area contributed by atoms with E-state index in [9.17, 15) is 4.39 Å². The van der Waals surface area contributed by atoms with Gasteiger partial charge in [0, 0.05) is 5.54 Å². The van der Waals surface area contributed by atoms with Gasteiger partial charge in [0.1, 0.15) is 5.67 Å². The molecule has 1 nitrogen and oxygen atoms in total. The van der Waals surface area contributed by atoms with Gasteiger partial charge in [-0.15, -0.1) is 0 Å². The number of halogens is 1. The highest BCUT2D eigenvalue weighted by Gasteiger charge is 2.39. The molecule has 0 amide bonds. The number of alkyl halides is 1. The Morgan fingerprint density at radius 1 is 1.36 bits per heavy atom. The van der Waals surface area contributed by atoms with Crippen LogP contribution in [0.1, 0.15) is 58.3 Å². The lowest BCUT2D eigenvalue weighted by molar-refractivity contribution is 0.0892. The molecule has 0 saturated heterocycles. The minimum atomic E-state index is -0.895. The minimum absolute atomic E-state index is 0.157. The molecule has 82 valence electrons. The minimum Gasteiger partial charge on any atom is -0.325 e. The average Bonchev–Trinajstić information content (AvgIpc) is 2.80. The molecule has 0 radical (unpaired) electrons. The topological polar surface area (TPSA) is 26.0 Å². The predicted molar refractivity (Wildman–Crippen MR) is 56.9 cm³/mol. The summed E-state index contributed by atoms with van der Waals surface area (Å²) < 4.78 is 13.7. The Labute approximate surface area is 86.2 Å². The van der Waals surface area contributed by atoms with Gasteiger partial charge >= 0.3 is 0 Å². The van der Waals surface area contributed by atoms with E-state index in [2.05, 4.69) is 0 Å². The van der Waals surface area contributed by atoms with Gasteiger partial charge in [-0.1, -0.05) is 12.8 Å². The zero-order chi connectivity index (χ0) is 10.2. The van der Waals surface area contributed by atoms with Gasteiger partial charge < -0.3 is 5.73 Å². The molecule has 0 aromatic heterocycles. The van der Waals surface area contributed by atoms with Crippen LogP contribution >= 0.6 is 0 Å². The second-order valence-corrected chi connectivity index (χ2v) is 5.78. The first kappa shape index (κ1) is 10.4. The maximum absolute atomic E-state index is 13.7. The normalized spacial score (nSPS) is 40.9. The van der Waals surface area contributed by atoms with Crippen LogP contribution in [-0.2, 0) is 0 Å². The summed E-state index contributed by atoms with van der Waals surface area (Å²) in [4.78, 5) is 0. The highest BCUT2D eigenvalue weighted by Crippen LogP contribution is 2.42. The van der Waals surface area contributed by atoms with Crippen molar-refractivity contribution in [2.75, 3.05) is 0 Å². The number of nitrogens with two attached hydrogens (primary N) is 1. The molecular weight excluding hydrogens is 177 g/mol. The second kappa shape index (κ2) is 3.48. The van der Waals surface area contributed by atoms with Crippen LogP contribution in [0.4, 0.5) is 4.39 Å². The molecule has 2 aliphatic rings. The van der Waals surface area contributed by atoms with E-state index < -0.39 is 5.67 Å². The van der Waals surface area contributed by atoms with Gasteiger partial charge in [-0.25, -0.2) is 4.39 Å². The standard InChI is InChI=1S/C12H22FN/c1-11(13)5-2-3-10(9-11)4-6-12(14)7-8-12/h10H,2-9,14H2,1H3. The zero-order valence-electron chi connectivity index (χ0n) is 9.19. The van der Waals surface area contributed by atoms with Crippen molar-refractivity contribution in [3.63, 3.8) is 0 Å². The zero-order valence-corrected chi connectivity index (χ0v) is 9.19. The van der Waals surface area contributed by atoms with Crippen molar-refractivity contribution in [1.82, 2.24) is 0 Å². The van der Waals surface area contributed by atoms with Crippen LogP contribution in [0.2, 0.25) is 0 Å². The smallest absolute Gasteiger partial charge is 0.108 e. The molecule has 0 aromatic rings. The number of rotatable bonds is 3. The maximum Gasteiger partial charge on any atom is 0.108 e. The first-order valence-corrected chi connectivity index (χ1v) is 5.97. The Hall–Kier alpha value is -0.110. The van der Waals surface area contributed by atoms with Crippen LogP contribution in [0.15, 0.2) is 0 Å². The lowest BCUT2D eigenvalue weighted by atomic mass is 9.78. The summed E-state index contributed by atoms with van der Waals surface area (Å²) in [6.45, 7) is 1.76. The maximum atomic E-state index is 13.7. The summed E-state index contributed by atoms with van der Waals surface area (Å²) in [6, 6.07) is 0. The van der Waals surface area contributed by atoms with Gasteiger partial charge in [0.15, 0.2) is 0 Å². The first-order valence-electron chi connectivity index (χ1n) is 5.97. The van der Waals surface area contributed by atoms with Crippen LogP contribution in [0.25, 0.3) is 0 Å². The van der Waals surface area contributed by atoms with E-state index in [1.807, 2.05) is 0 Å². The van der Waals surface area contributed by atoms with E-state index in [4.69, 9.17) is 5.73 Å². The lowest BCUT2D eigenvalue weighted by Gasteiger charge is -2.32. The molecule has 14 heavy (non-hydrogen) atoms. The summed E-state index contributed by atoms with van der Waals surface area (Å²) in [6.07, 6.45) is 8.45. The molecule has 2 fully saturated rings. The summed E-state index contributed by atoms with van der Waals surface area (Å²) in [5.41, 5.74) is 5.30. The Morgan fingerprint density at radius 2 is 2.07 bits per heavy atom. The second-order valence-electron chi connectivity index (χ2n) is 5.78. The van der Waals surface area contributed by atoms with Crippen molar-refractivity contribution in [3.05, 3.63) is 0 Å². The van der Waals surface area contributed by atoms with Gasteiger partial charge in [-0.2, -0.15) is 0 Å². The molecule has 2 unspecified atom stereocenters. The van der Waals surface area contributed by atoms with Crippen molar-refractivity contribution in [2.24, 2.45) is 11.7 Å². The molecule has 0 heterocycles. The molecule has 0 aromatic carbocycles. The highest BCUT2D eigenvalue weighted by atomic mass is 19.1. The third kappa shape index (κ3) is 2.69. The Bertz CT molecular complexity index is 208. The van der Waals surface area contributed by atoms with Crippen molar-refractivity contribution in [2.45, 2.75) is 69.5 Å². The molecule has 2 heteroatoms.